The Morgan fingerprint density at radius 2 is 1.86 bits per heavy atom. The van der Waals surface area contributed by atoms with Gasteiger partial charge in [0, 0.05) is 12.6 Å². The highest BCUT2D eigenvalue weighted by Gasteiger charge is 2.38. The van der Waals surface area contributed by atoms with Gasteiger partial charge in [-0.15, -0.1) is 6.42 Å². The van der Waals surface area contributed by atoms with E-state index in [0.717, 1.165) is 30.7 Å². The highest BCUT2D eigenvalue weighted by molar-refractivity contribution is 7.16. The van der Waals surface area contributed by atoms with Crippen LogP contribution < -0.4 is 16.1 Å². The van der Waals surface area contributed by atoms with E-state index in [4.69, 9.17) is 6.42 Å². The molecule has 1 aromatic carbocycles. The Bertz CT molecular complexity index is 1300. The maximum Gasteiger partial charge on any atom is 0.432 e. The lowest BCUT2D eigenvalue weighted by Gasteiger charge is -2.17. The topological polar surface area (TPSA) is 66.0 Å². The first-order valence-corrected chi connectivity index (χ1v) is 8.47. The molecule has 0 amide bonds. The molecule has 0 aliphatic heterocycles. The number of hydrogen-bond donors (Lipinski definition) is 0. The van der Waals surface area contributed by atoms with Gasteiger partial charge in [-0.1, -0.05) is 17.3 Å². The Morgan fingerprint density at radius 3 is 2.43 bits per heavy atom. The number of hydrogen-bond acceptors (Lipinski definition) is 4. The lowest BCUT2D eigenvalue weighted by molar-refractivity contribution is -0.144. The number of aromatic nitrogens is 3. The summed E-state index contributed by atoms with van der Waals surface area (Å²) in [4.78, 5) is 36.5. The van der Waals surface area contributed by atoms with Crippen LogP contribution in [0.5, 0.6) is 0 Å². The van der Waals surface area contributed by atoms with Crippen molar-refractivity contribution in [3.05, 3.63) is 59.7 Å². The molecule has 28 heavy (non-hydrogen) atoms. The van der Waals surface area contributed by atoms with Crippen molar-refractivity contribution in [1.29, 1.82) is 0 Å². The van der Waals surface area contributed by atoms with Gasteiger partial charge in [-0.05, 0) is 19.1 Å². The number of nitrogens with zero attached hydrogens (tertiary/aromatic N) is 3. The highest BCUT2D eigenvalue weighted by Crippen LogP contribution is 2.30. The third-order valence-electron chi connectivity index (χ3n) is 4.19. The van der Waals surface area contributed by atoms with Gasteiger partial charge >= 0.3 is 16.7 Å². The number of rotatable bonds is 2. The first-order valence-electron chi connectivity index (χ1n) is 7.65. The fraction of sp³-hybridized carbons (Fsp3) is 0.235. The van der Waals surface area contributed by atoms with Crippen LogP contribution in [0.2, 0.25) is 0 Å². The number of benzene rings is 1. The van der Waals surface area contributed by atoms with Crippen LogP contribution in [-0.4, -0.2) is 13.7 Å². The lowest BCUT2D eigenvalue weighted by Crippen LogP contribution is -2.43. The summed E-state index contributed by atoms with van der Waals surface area (Å²) in [7, 11) is 0.837. The van der Waals surface area contributed by atoms with Crippen LogP contribution in [0.15, 0.2) is 26.5 Å². The van der Waals surface area contributed by atoms with E-state index in [0.29, 0.717) is 15.9 Å². The molecule has 3 rings (SSSR count). The average Bonchev–Trinajstić information content (AvgIpc) is 2.87. The number of fused-ring (bicyclic) bond motifs is 1. The van der Waals surface area contributed by atoms with Crippen LogP contribution in [0.1, 0.15) is 11.3 Å². The number of terminal acetylenes is 1. The molecule has 0 unspecified atom stereocenters. The Labute approximate surface area is 157 Å². The molecule has 2 heterocycles. The fourth-order valence-electron chi connectivity index (χ4n) is 2.95. The normalized spacial score (nSPS) is 11.8. The van der Waals surface area contributed by atoms with Crippen LogP contribution in [0.4, 0.5) is 17.6 Å². The quantitative estimate of drug-likeness (QED) is 0.477. The van der Waals surface area contributed by atoms with Gasteiger partial charge < -0.3 is 0 Å². The van der Waals surface area contributed by atoms with Crippen LogP contribution >= 0.6 is 11.3 Å². The zero-order chi connectivity index (χ0) is 21.0. The number of thiazole rings is 1. The van der Waals surface area contributed by atoms with E-state index < -0.39 is 45.1 Å². The van der Waals surface area contributed by atoms with E-state index >= 15 is 0 Å². The molecule has 0 N–H and O–H groups in total. The molecule has 0 bridgehead atoms. The van der Waals surface area contributed by atoms with Crippen molar-refractivity contribution in [3.8, 4) is 18.0 Å². The molecule has 2 aromatic heterocycles. The molecule has 3 aromatic rings. The van der Waals surface area contributed by atoms with Crippen LogP contribution in [0, 0.1) is 25.1 Å². The molecule has 0 saturated carbocycles. The van der Waals surface area contributed by atoms with Gasteiger partial charge in [-0.2, -0.15) is 13.2 Å². The molecule has 0 saturated heterocycles. The van der Waals surface area contributed by atoms with Crippen molar-refractivity contribution in [2.45, 2.75) is 19.6 Å². The third kappa shape index (κ3) is 2.86. The predicted molar refractivity (Wildman–Crippen MR) is 95.5 cm³/mol. The van der Waals surface area contributed by atoms with E-state index in [2.05, 4.69) is 5.92 Å². The Morgan fingerprint density at radius 1 is 1.21 bits per heavy atom. The van der Waals surface area contributed by atoms with Crippen molar-refractivity contribution in [2.75, 3.05) is 0 Å². The maximum atomic E-state index is 14.6. The molecule has 0 fully saturated rings. The second-order valence-corrected chi connectivity index (χ2v) is 6.88. The van der Waals surface area contributed by atoms with Gasteiger partial charge in [0.1, 0.15) is 11.5 Å². The Hall–Kier alpha value is -3.13. The van der Waals surface area contributed by atoms with Gasteiger partial charge in [-0.25, -0.2) is 13.8 Å². The van der Waals surface area contributed by atoms with E-state index in [-0.39, 0.29) is 21.3 Å². The summed E-state index contributed by atoms with van der Waals surface area (Å²) in [6, 6.07) is 1.98. The molecule has 0 radical (unpaired) electrons. The van der Waals surface area contributed by atoms with Gasteiger partial charge in [0.2, 0.25) is 0 Å². The minimum Gasteiger partial charge on any atom is -0.292 e. The largest absolute Gasteiger partial charge is 0.432 e. The highest BCUT2D eigenvalue weighted by atomic mass is 32.1. The maximum absolute atomic E-state index is 14.6. The average molecular weight is 413 g/mol. The third-order valence-corrected chi connectivity index (χ3v) is 5.13. The second-order valence-electron chi connectivity index (χ2n) is 5.88. The summed E-state index contributed by atoms with van der Waals surface area (Å²) in [5.74, 6) is 1.22. The molecule has 146 valence electrons. The number of alkyl halides is 3. The molecule has 0 atom stereocenters. The van der Waals surface area contributed by atoms with Crippen LogP contribution in [-0.2, 0) is 19.8 Å². The second kappa shape index (κ2) is 6.49. The van der Waals surface area contributed by atoms with Crippen molar-refractivity contribution in [2.24, 2.45) is 7.05 Å². The van der Waals surface area contributed by atoms with Crippen LogP contribution in [0.3, 0.4) is 0 Å². The van der Waals surface area contributed by atoms with Crippen molar-refractivity contribution >= 4 is 21.6 Å². The summed E-state index contributed by atoms with van der Waals surface area (Å²) in [5, 5.41) is 0. The smallest absolute Gasteiger partial charge is 0.292 e. The minimum atomic E-state index is -4.95. The summed E-state index contributed by atoms with van der Waals surface area (Å²) in [6.07, 6.45) is 0.265. The number of halogens is 4. The molecule has 6 nitrogen and oxygen atoms in total. The molecular formula is C17H11F4N3O3S. The Balaban J connectivity index is 2.44. The monoisotopic (exact) mass is 413 g/mol. The molecular weight excluding hydrogens is 402 g/mol. The van der Waals surface area contributed by atoms with Crippen molar-refractivity contribution in [1.82, 2.24) is 13.7 Å². The van der Waals surface area contributed by atoms with Gasteiger partial charge in [0.05, 0.1) is 22.4 Å². The van der Waals surface area contributed by atoms with E-state index in [1.807, 2.05) is 0 Å². The summed E-state index contributed by atoms with van der Waals surface area (Å²) in [5.41, 5.74) is -5.27. The first-order chi connectivity index (χ1) is 13.0. The summed E-state index contributed by atoms with van der Waals surface area (Å²) < 4.78 is 56.1. The van der Waals surface area contributed by atoms with Crippen LogP contribution in [0.25, 0.3) is 15.9 Å². The molecule has 0 spiro atoms. The fourth-order valence-corrected chi connectivity index (χ4v) is 3.85. The Kier molecular flexibility index (Phi) is 4.55. The predicted octanol–water partition coefficient (Wildman–Crippen LogP) is 2.01. The summed E-state index contributed by atoms with van der Waals surface area (Å²) in [6.45, 7) is 0.763. The zero-order valence-corrected chi connectivity index (χ0v) is 15.2. The first kappa shape index (κ1) is 19.6. The standard InChI is InChI=1S/C17H11F4N3O3S/c1-4-5-23-11-7-10(9(18)6-12(11)28-16(23)27)24-14(25)8(2)13(17(19,20)21)22(3)15(24)26/h1,6-7H,5H2,2-3H3. The van der Waals surface area contributed by atoms with Gasteiger partial charge in [0.25, 0.3) is 5.56 Å². The van der Waals surface area contributed by atoms with Gasteiger partial charge in [-0.3, -0.25) is 18.7 Å². The zero-order valence-electron chi connectivity index (χ0n) is 14.4. The molecule has 0 aliphatic rings. The summed E-state index contributed by atoms with van der Waals surface area (Å²) >= 11 is 0.710. The minimum absolute atomic E-state index is 0.136. The van der Waals surface area contributed by atoms with E-state index in [1.165, 1.54) is 0 Å². The van der Waals surface area contributed by atoms with E-state index in [1.54, 1.807) is 0 Å². The SMILES string of the molecule is C#CCn1c(=O)sc2cc(F)c(-n3c(=O)c(C)c(C(F)(F)F)n(C)c3=O)cc21. The molecule has 0 aliphatic carbocycles. The van der Waals surface area contributed by atoms with Crippen molar-refractivity contribution < 1.29 is 17.6 Å². The van der Waals surface area contributed by atoms with Gasteiger partial charge in [0.15, 0.2) is 0 Å². The molecule has 11 heteroatoms. The van der Waals surface area contributed by atoms with E-state index in [9.17, 15) is 31.9 Å². The lowest BCUT2D eigenvalue weighted by atomic mass is 10.2. The van der Waals surface area contributed by atoms with Crippen molar-refractivity contribution in [3.63, 3.8) is 0 Å².